The smallest absolute Gasteiger partial charge is 0.122 e. The first-order valence-electron chi connectivity index (χ1n) is 18.6. The summed E-state index contributed by atoms with van der Waals surface area (Å²) in [7, 11) is 1.67. The standard InChI is InChI=1S/C48H48O6/c1-5-37(49)30-52-41-26-18-35(19-27-41)48(45-12-8-6-10-43(45)44-11-7-9-13-46(44)48)36-20-28-42(29-21-36)54-32-38(50)31-53-40-24-16-34(17-25-40)47(2,3)33-14-22-39(51-4)23-15-33/h6-29,37-38,49-50H,5,30-32H2,1-4H3. The minimum absolute atomic E-state index is 0.0902. The third-order valence-corrected chi connectivity index (χ3v) is 10.7. The first kappa shape index (κ1) is 36.8. The molecule has 0 radical (unpaired) electrons. The summed E-state index contributed by atoms with van der Waals surface area (Å²) in [5, 5.41) is 20.8. The molecule has 0 aromatic heterocycles. The van der Waals surface area contributed by atoms with Gasteiger partial charge in [-0.15, -0.1) is 0 Å². The number of rotatable bonds is 15. The molecule has 276 valence electrons. The van der Waals surface area contributed by atoms with Gasteiger partial charge in [0.1, 0.15) is 48.9 Å². The zero-order valence-electron chi connectivity index (χ0n) is 31.4. The second-order valence-corrected chi connectivity index (χ2v) is 14.4. The van der Waals surface area contributed by atoms with Crippen LogP contribution in [0.15, 0.2) is 146 Å². The van der Waals surface area contributed by atoms with E-state index in [-0.39, 0.29) is 25.2 Å². The van der Waals surface area contributed by atoms with Crippen LogP contribution >= 0.6 is 0 Å². The number of aliphatic hydroxyl groups excluding tert-OH is 2. The predicted octanol–water partition coefficient (Wildman–Crippen LogP) is 9.35. The lowest BCUT2D eigenvalue weighted by atomic mass is 9.68. The highest BCUT2D eigenvalue weighted by Gasteiger charge is 2.45. The minimum atomic E-state index is -0.820. The molecule has 0 amide bonds. The van der Waals surface area contributed by atoms with Crippen molar-refractivity contribution < 1.29 is 29.2 Å². The maximum absolute atomic E-state index is 10.8. The Morgan fingerprint density at radius 2 is 0.870 bits per heavy atom. The molecule has 0 heterocycles. The van der Waals surface area contributed by atoms with Crippen LogP contribution in [0.2, 0.25) is 0 Å². The molecule has 6 aromatic carbocycles. The molecule has 2 N–H and O–H groups in total. The van der Waals surface area contributed by atoms with Crippen LogP contribution in [-0.2, 0) is 10.8 Å². The second kappa shape index (κ2) is 15.8. The number of hydrogen-bond acceptors (Lipinski definition) is 6. The SMILES string of the molecule is CCC(O)COc1ccc(C2(c3ccc(OCC(O)COc4ccc(C(C)(C)c5ccc(OC)cc5)cc4)cc3)c3ccccc3-c3ccccc32)cc1. The average molecular weight is 721 g/mol. The highest BCUT2D eigenvalue weighted by atomic mass is 16.5. The third kappa shape index (κ3) is 7.20. The summed E-state index contributed by atoms with van der Waals surface area (Å²) in [6.45, 7) is 6.78. The van der Waals surface area contributed by atoms with Crippen LogP contribution in [0.3, 0.4) is 0 Å². The van der Waals surface area contributed by atoms with Crippen molar-refractivity contribution in [2.75, 3.05) is 26.9 Å². The van der Waals surface area contributed by atoms with Crippen LogP contribution in [0.4, 0.5) is 0 Å². The van der Waals surface area contributed by atoms with Gasteiger partial charge in [-0.1, -0.05) is 118 Å². The van der Waals surface area contributed by atoms with Gasteiger partial charge in [-0.2, -0.15) is 0 Å². The third-order valence-electron chi connectivity index (χ3n) is 10.7. The average Bonchev–Trinajstić information content (AvgIpc) is 3.53. The zero-order valence-corrected chi connectivity index (χ0v) is 31.4. The van der Waals surface area contributed by atoms with E-state index in [0.717, 1.165) is 28.2 Å². The molecule has 0 aliphatic heterocycles. The molecule has 54 heavy (non-hydrogen) atoms. The van der Waals surface area contributed by atoms with Crippen LogP contribution in [0.1, 0.15) is 60.6 Å². The lowest BCUT2D eigenvalue weighted by Gasteiger charge is -2.34. The van der Waals surface area contributed by atoms with Gasteiger partial charge in [0, 0.05) is 5.41 Å². The Balaban J connectivity index is 1.05. The summed E-state index contributed by atoms with van der Waals surface area (Å²) in [5.74, 6) is 2.91. The first-order valence-corrected chi connectivity index (χ1v) is 18.6. The van der Waals surface area contributed by atoms with Gasteiger partial charge in [0.15, 0.2) is 0 Å². The van der Waals surface area contributed by atoms with Crippen LogP contribution < -0.4 is 18.9 Å². The molecule has 2 unspecified atom stereocenters. The molecule has 0 saturated heterocycles. The lowest BCUT2D eigenvalue weighted by Crippen LogP contribution is -2.28. The first-order chi connectivity index (χ1) is 26.2. The van der Waals surface area contributed by atoms with Crippen molar-refractivity contribution in [1.82, 2.24) is 0 Å². The van der Waals surface area contributed by atoms with Crippen LogP contribution in [0.25, 0.3) is 11.1 Å². The fourth-order valence-electron chi connectivity index (χ4n) is 7.51. The second-order valence-electron chi connectivity index (χ2n) is 14.4. The molecule has 6 heteroatoms. The normalized spacial score (nSPS) is 14.0. The van der Waals surface area contributed by atoms with Crippen molar-refractivity contribution >= 4 is 0 Å². The van der Waals surface area contributed by atoms with Crippen molar-refractivity contribution in [2.24, 2.45) is 0 Å². The number of hydrogen-bond donors (Lipinski definition) is 2. The van der Waals surface area contributed by atoms with Crippen molar-refractivity contribution in [3.8, 4) is 34.1 Å². The van der Waals surface area contributed by atoms with Crippen molar-refractivity contribution in [3.63, 3.8) is 0 Å². The highest BCUT2D eigenvalue weighted by molar-refractivity contribution is 5.86. The Kier molecular flexibility index (Phi) is 10.8. The van der Waals surface area contributed by atoms with E-state index in [1.54, 1.807) is 7.11 Å². The molecule has 7 rings (SSSR count). The molecule has 0 fully saturated rings. The Morgan fingerprint density at radius 1 is 0.500 bits per heavy atom. The summed E-state index contributed by atoms with van der Waals surface area (Å²) in [4.78, 5) is 0. The number of methoxy groups -OCH3 is 1. The molecule has 6 nitrogen and oxygen atoms in total. The topological polar surface area (TPSA) is 77.4 Å². The molecule has 6 aromatic rings. The maximum Gasteiger partial charge on any atom is 0.122 e. The van der Waals surface area contributed by atoms with Gasteiger partial charge < -0.3 is 29.2 Å². The van der Waals surface area contributed by atoms with E-state index < -0.39 is 17.6 Å². The largest absolute Gasteiger partial charge is 0.497 e. The fourth-order valence-corrected chi connectivity index (χ4v) is 7.51. The van der Waals surface area contributed by atoms with Gasteiger partial charge in [-0.3, -0.25) is 0 Å². The minimum Gasteiger partial charge on any atom is -0.497 e. The van der Waals surface area contributed by atoms with Gasteiger partial charge in [-0.25, -0.2) is 0 Å². The Morgan fingerprint density at radius 3 is 1.28 bits per heavy atom. The highest BCUT2D eigenvalue weighted by Crippen LogP contribution is 2.56. The van der Waals surface area contributed by atoms with Crippen molar-refractivity contribution in [1.29, 1.82) is 0 Å². The summed E-state index contributed by atoms with van der Waals surface area (Å²) >= 11 is 0. The van der Waals surface area contributed by atoms with Crippen LogP contribution in [0.5, 0.6) is 23.0 Å². The number of benzene rings is 6. The Hall–Kier alpha value is -5.56. The van der Waals surface area contributed by atoms with E-state index in [0.29, 0.717) is 17.9 Å². The number of fused-ring (bicyclic) bond motifs is 3. The van der Waals surface area contributed by atoms with Gasteiger partial charge in [0.05, 0.1) is 18.6 Å². The Labute approximate surface area is 318 Å². The van der Waals surface area contributed by atoms with Gasteiger partial charge in [0.2, 0.25) is 0 Å². The van der Waals surface area contributed by atoms with Crippen LogP contribution in [0, 0.1) is 0 Å². The molecule has 0 bridgehead atoms. The van der Waals surface area contributed by atoms with E-state index in [2.05, 4.69) is 111 Å². The molecule has 1 aliphatic rings. The zero-order chi connectivity index (χ0) is 37.7. The van der Waals surface area contributed by atoms with E-state index in [1.165, 1.54) is 27.8 Å². The quantitative estimate of drug-likeness (QED) is 0.110. The summed E-state index contributed by atoms with van der Waals surface area (Å²) in [6, 6.07) is 49.8. The summed E-state index contributed by atoms with van der Waals surface area (Å²) in [6.07, 6.45) is -0.679. The molecular weight excluding hydrogens is 673 g/mol. The molecule has 1 aliphatic carbocycles. The van der Waals surface area contributed by atoms with Gasteiger partial charge >= 0.3 is 0 Å². The summed E-state index contributed by atoms with van der Waals surface area (Å²) < 4.78 is 23.2. The van der Waals surface area contributed by atoms with E-state index in [9.17, 15) is 10.2 Å². The molecule has 0 saturated carbocycles. The number of aliphatic hydroxyl groups is 2. The van der Waals surface area contributed by atoms with E-state index in [1.807, 2.05) is 55.5 Å². The predicted molar refractivity (Wildman–Crippen MR) is 214 cm³/mol. The molecular formula is C48H48O6. The molecule has 0 spiro atoms. The van der Waals surface area contributed by atoms with Crippen LogP contribution in [-0.4, -0.2) is 49.4 Å². The molecule has 2 atom stereocenters. The van der Waals surface area contributed by atoms with Gasteiger partial charge in [0.25, 0.3) is 0 Å². The van der Waals surface area contributed by atoms with Gasteiger partial charge in [-0.05, 0) is 99.5 Å². The van der Waals surface area contributed by atoms with Crippen molar-refractivity contribution in [2.45, 2.75) is 50.2 Å². The van der Waals surface area contributed by atoms with E-state index >= 15 is 0 Å². The number of ether oxygens (including phenoxy) is 4. The fraction of sp³-hybridized carbons (Fsp3) is 0.250. The lowest BCUT2D eigenvalue weighted by molar-refractivity contribution is 0.0626. The maximum atomic E-state index is 10.8. The summed E-state index contributed by atoms with van der Waals surface area (Å²) in [5.41, 5.74) is 8.63. The monoisotopic (exact) mass is 720 g/mol. The van der Waals surface area contributed by atoms with Crippen molar-refractivity contribution in [3.05, 3.63) is 179 Å². The van der Waals surface area contributed by atoms with E-state index in [4.69, 9.17) is 18.9 Å². The Bertz CT molecular complexity index is 2090.